The highest BCUT2D eigenvalue weighted by Crippen LogP contribution is 2.26. The standard InChI is InChI=1S/C16H16Cl2N2S/c1-11(2)20(13-6-4-3-5-7-13)16(21)19-12-8-9-14(17)15(18)10-12/h3-11H,1-2H3,(H,19,21). The first kappa shape index (κ1) is 16.1. The van der Waals surface area contributed by atoms with Gasteiger partial charge in [0.15, 0.2) is 5.11 Å². The van der Waals surface area contributed by atoms with Crippen LogP contribution in [0.15, 0.2) is 48.5 Å². The molecule has 0 aliphatic heterocycles. The molecule has 0 atom stereocenters. The summed E-state index contributed by atoms with van der Waals surface area (Å²) in [5.41, 5.74) is 1.86. The molecule has 0 saturated carbocycles. The van der Waals surface area contributed by atoms with E-state index in [1.54, 1.807) is 12.1 Å². The van der Waals surface area contributed by atoms with Crippen LogP contribution >= 0.6 is 35.4 Å². The summed E-state index contributed by atoms with van der Waals surface area (Å²) >= 11 is 17.5. The highest BCUT2D eigenvalue weighted by Gasteiger charge is 2.15. The van der Waals surface area contributed by atoms with Crippen LogP contribution in [0.5, 0.6) is 0 Å². The first-order chi connectivity index (χ1) is 9.99. The molecule has 2 aromatic rings. The second kappa shape index (κ2) is 7.12. The van der Waals surface area contributed by atoms with Crippen LogP contribution in [0.25, 0.3) is 0 Å². The molecule has 2 nitrogen and oxygen atoms in total. The van der Waals surface area contributed by atoms with Crippen molar-refractivity contribution >= 4 is 51.9 Å². The third kappa shape index (κ3) is 4.10. The Labute approximate surface area is 140 Å². The molecule has 2 rings (SSSR count). The molecule has 21 heavy (non-hydrogen) atoms. The molecule has 0 amide bonds. The van der Waals surface area contributed by atoms with E-state index >= 15 is 0 Å². The average Bonchev–Trinajstić information content (AvgIpc) is 2.44. The zero-order valence-electron chi connectivity index (χ0n) is 11.8. The van der Waals surface area contributed by atoms with Gasteiger partial charge in [-0.25, -0.2) is 0 Å². The van der Waals surface area contributed by atoms with Crippen molar-refractivity contribution in [1.82, 2.24) is 0 Å². The van der Waals surface area contributed by atoms with Gasteiger partial charge in [-0.15, -0.1) is 0 Å². The SMILES string of the molecule is CC(C)N(C(=S)Nc1ccc(Cl)c(Cl)c1)c1ccccc1. The number of anilines is 2. The molecule has 2 aromatic carbocycles. The molecule has 110 valence electrons. The van der Waals surface area contributed by atoms with Crippen molar-refractivity contribution in [2.45, 2.75) is 19.9 Å². The minimum absolute atomic E-state index is 0.232. The fraction of sp³-hybridized carbons (Fsp3) is 0.188. The molecule has 1 N–H and O–H groups in total. The van der Waals surface area contributed by atoms with Gasteiger partial charge in [-0.2, -0.15) is 0 Å². The molecular weight excluding hydrogens is 323 g/mol. The first-order valence-corrected chi connectivity index (χ1v) is 7.76. The van der Waals surface area contributed by atoms with Crippen LogP contribution in [0.4, 0.5) is 11.4 Å². The van der Waals surface area contributed by atoms with Gasteiger partial charge in [0.2, 0.25) is 0 Å². The van der Waals surface area contributed by atoms with Crippen LogP contribution in [0.2, 0.25) is 10.0 Å². The molecule has 0 radical (unpaired) electrons. The Hall–Kier alpha value is -1.29. The van der Waals surface area contributed by atoms with Crippen molar-refractivity contribution in [2.75, 3.05) is 10.2 Å². The fourth-order valence-electron chi connectivity index (χ4n) is 2.00. The Kier molecular flexibility index (Phi) is 5.45. The van der Waals surface area contributed by atoms with Crippen molar-refractivity contribution < 1.29 is 0 Å². The summed E-state index contributed by atoms with van der Waals surface area (Å²) in [5, 5.41) is 4.85. The summed E-state index contributed by atoms with van der Waals surface area (Å²) in [7, 11) is 0. The zero-order chi connectivity index (χ0) is 15.4. The zero-order valence-corrected chi connectivity index (χ0v) is 14.1. The quantitative estimate of drug-likeness (QED) is 0.732. The second-order valence-corrected chi connectivity index (χ2v) is 6.06. The molecule has 0 spiro atoms. The Morgan fingerprint density at radius 3 is 2.29 bits per heavy atom. The van der Waals surface area contributed by atoms with Gasteiger partial charge < -0.3 is 10.2 Å². The van der Waals surface area contributed by atoms with E-state index in [0.717, 1.165) is 11.4 Å². The van der Waals surface area contributed by atoms with Gasteiger partial charge in [0.1, 0.15) is 0 Å². The molecule has 0 aromatic heterocycles. The monoisotopic (exact) mass is 338 g/mol. The lowest BCUT2D eigenvalue weighted by Gasteiger charge is -2.29. The minimum atomic E-state index is 0.232. The number of nitrogens with zero attached hydrogens (tertiary/aromatic N) is 1. The van der Waals surface area contributed by atoms with Crippen molar-refractivity contribution in [2.24, 2.45) is 0 Å². The molecule has 0 fully saturated rings. The maximum absolute atomic E-state index is 6.03. The van der Waals surface area contributed by atoms with Crippen molar-refractivity contribution in [1.29, 1.82) is 0 Å². The number of nitrogens with one attached hydrogen (secondary N) is 1. The van der Waals surface area contributed by atoms with Gasteiger partial charge in [-0.3, -0.25) is 0 Å². The van der Waals surface area contributed by atoms with Gasteiger partial charge in [-0.1, -0.05) is 41.4 Å². The van der Waals surface area contributed by atoms with Crippen molar-refractivity contribution in [3.8, 4) is 0 Å². The van der Waals surface area contributed by atoms with E-state index < -0.39 is 0 Å². The fourth-order valence-corrected chi connectivity index (χ4v) is 2.73. The van der Waals surface area contributed by atoms with E-state index in [0.29, 0.717) is 15.2 Å². The number of para-hydroxylation sites is 1. The third-order valence-corrected chi connectivity index (χ3v) is 3.98. The Morgan fingerprint density at radius 1 is 1.05 bits per heavy atom. The summed E-state index contributed by atoms with van der Waals surface area (Å²) in [6.07, 6.45) is 0. The second-order valence-electron chi connectivity index (χ2n) is 4.86. The van der Waals surface area contributed by atoms with Gasteiger partial charge in [0, 0.05) is 17.4 Å². The summed E-state index contributed by atoms with van der Waals surface area (Å²) in [4.78, 5) is 2.05. The number of thiocarbonyl (C=S) groups is 1. The molecule has 0 aliphatic carbocycles. The smallest absolute Gasteiger partial charge is 0.178 e. The van der Waals surface area contributed by atoms with Crippen LogP contribution in [-0.2, 0) is 0 Å². The predicted octanol–water partition coefficient (Wildman–Crippen LogP) is 5.61. The molecule has 5 heteroatoms. The summed E-state index contributed by atoms with van der Waals surface area (Å²) in [6.45, 7) is 4.19. The van der Waals surface area contributed by atoms with Gasteiger partial charge in [0.25, 0.3) is 0 Å². The van der Waals surface area contributed by atoms with E-state index in [1.165, 1.54) is 0 Å². The number of hydrogen-bond donors (Lipinski definition) is 1. The normalized spacial score (nSPS) is 10.5. The molecule has 0 bridgehead atoms. The highest BCUT2D eigenvalue weighted by atomic mass is 35.5. The van der Waals surface area contributed by atoms with Crippen molar-refractivity contribution in [3.05, 3.63) is 58.6 Å². The molecule has 0 heterocycles. The molecule has 0 saturated heterocycles. The Balaban J connectivity index is 2.21. The predicted molar refractivity (Wildman–Crippen MR) is 96.7 cm³/mol. The number of halogens is 2. The molecular formula is C16H16Cl2N2S. The van der Waals surface area contributed by atoms with E-state index in [2.05, 4.69) is 24.1 Å². The first-order valence-electron chi connectivity index (χ1n) is 6.59. The number of benzene rings is 2. The van der Waals surface area contributed by atoms with Crippen LogP contribution in [0.3, 0.4) is 0 Å². The van der Waals surface area contributed by atoms with Crippen molar-refractivity contribution in [3.63, 3.8) is 0 Å². The summed E-state index contributed by atoms with van der Waals surface area (Å²) in [5.74, 6) is 0. The Bertz CT molecular complexity index is 629. The molecule has 0 aliphatic rings. The number of hydrogen-bond acceptors (Lipinski definition) is 1. The van der Waals surface area contributed by atoms with Gasteiger partial charge in [-0.05, 0) is 56.4 Å². The van der Waals surface area contributed by atoms with E-state index in [4.69, 9.17) is 35.4 Å². The summed E-state index contributed by atoms with van der Waals surface area (Å²) in [6, 6.07) is 15.6. The largest absolute Gasteiger partial charge is 0.332 e. The lowest BCUT2D eigenvalue weighted by Crippen LogP contribution is -2.40. The minimum Gasteiger partial charge on any atom is -0.332 e. The van der Waals surface area contributed by atoms with Crippen LogP contribution < -0.4 is 10.2 Å². The average molecular weight is 339 g/mol. The third-order valence-electron chi connectivity index (χ3n) is 2.94. The van der Waals surface area contributed by atoms with E-state index in [1.807, 2.05) is 36.4 Å². The topological polar surface area (TPSA) is 15.3 Å². The van der Waals surface area contributed by atoms with Crippen LogP contribution in [-0.4, -0.2) is 11.2 Å². The highest BCUT2D eigenvalue weighted by molar-refractivity contribution is 7.80. The lowest BCUT2D eigenvalue weighted by molar-refractivity contribution is 0.811. The van der Waals surface area contributed by atoms with Crippen LogP contribution in [0.1, 0.15) is 13.8 Å². The Morgan fingerprint density at radius 2 is 1.71 bits per heavy atom. The molecule has 0 unspecified atom stereocenters. The number of rotatable bonds is 3. The lowest BCUT2D eigenvalue weighted by atomic mass is 10.2. The van der Waals surface area contributed by atoms with Gasteiger partial charge >= 0.3 is 0 Å². The summed E-state index contributed by atoms with van der Waals surface area (Å²) < 4.78 is 0. The maximum Gasteiger partial charge on any atom is 0.178 e. The van der Waals surface area contributed by atoms with E-state index in [9.17, 15) is 0 Å². The maximum atomic E-state index is 6.03. The van der Waals surface area contributed by atoms with Gasteiger partial charge in [0.05, 0.1) is 10.0 Å². The van der Waals surface area contributed by atoms with E-state index in [-0.39, 0.29) is 6.04 Å². The van der Waals surface area contributed by atoms with Crippen LogP contribution in [0, 0.1) is 0 Å².